The van der Waals surface area contributed by atoms with Crippen LogP contribution in [0.5, 0.6) is 0 Å². The Labute approximate surface area is 215 Å². The summed E-state index contributed by atoms with van der Waals surface area (Å²) in [5.74, 6) is -1.53. The number of carbonyl (C=O) groups excluding carboxylic acids is 2. The summed E-state index contributed by atoms with van der Waals surface area (Å²) in [5, 5.41) is 19.0. The summed E-state index contributed by atoms with van der Waals surface area (Å²) >= 11 is 18.9. The molecule has 9 nitrogen and oxygen atoms in total. The molecule has 1 atom stereocenters. The van der Waals surface area contributed by atoms with Crippen LogP contribution in [0, 0.1) is 17.0 Å². The number of aromatic nitrogens is 2. The maximum atomic E-state index is 12.3. The Kier molecular flexibility index (Phi) is 8.50. The topological polar surface area (TPSA) is 116 Å². The molecule has 0 spiro atoms. The highest BCUT2D eigenvalue weighted by atomic mass is 35.5. The highest BCUT2D eigenvalue weighted by Crippen LogP contribution is 2.28. The number of hydrogen-bond acceptors (Lipinski definition) is 6. The molecule has 0 aliphatic carbocycles. The molecule has 1 aromatic heterocycles. The van der Waals surface area contributed by atoms with Crippen molar-refractivity contribution in [2.24, 2.45) is 0 Å². The third-order valence-corrected chi connectivity index (χ3v) is 5.99. The van der Waals surface area contributed by atoms with Crippen LogP contribution in [0.3, 0.4) is 0 Å². The Morgan fingerprint density at radius 2 is 1.83 bits per heavy atom. The lowest BCUT2D eigenvalue weighted by atomic mass is 10.2. The SMILES string of the molecule is Cc1nn(Cc2c(Cl)cccc2Cl)c(Cl)c1C=CC(=O)OC(C)C(=O)Nc1ccccc1[N+](=O)[O-]. The van der Waals surface area contributed by atoms with Crippen LogP contribution in [0.15, 0.2) is 48.5 Å². The second-order valence-electron chi connectivity index (χ2n) is 7.32. The average Bonchev–Trinajstić information content (AvgIpc) is 3.07. The number of ether oxygens (including phenoxy) is 1. The highest BCUT2D eigenvalue weighted by molar-refractivity contribution is 6.36. The van der Waals surface area contributed by atoms with Crippen molar-refractivity contribution in [1.82, 2.24) is 9.78 Å². The average molecular weight is 538 g/mol. The molecule has 0 radical (unpaired) electrons. The van der Waals surface area contributed by atoms with Gasteiger partial charge in [0.05, 0.1) is 17.2 Å². The third-order valence-electron chi connectivity index (χ3n) is 4.89. The fourth-order valence-corrected chi connectivity index (χ4v) is 3.90. The smallest absolute Gasteiger partial charge is 0.331 e. The standard InChI is InChI=1S/C23H19Cl3N4O5/c1-13-15(22(26)29(28-13)12-16-17(24)6-5-7-18(16)25)10-11-21(31)35-14(2)23(32)27-19-8-3-4-9-20(19)30(33)34/h3-11,14H,12H2,1-2H3,(H,27,32). The van der Waals surface area contributed by atoms with Crippen LogP contribution in [0.25, 0.3) is 6.08 Å². The predicted octanol–water partition coefficient (Wildman–Crippen LogP) is 5.69. The van der Waals surface area contributed by atoms with Gasteiger partial charge < -0.3 is 10.1 Å². The number of carbonyl (C=O) groups is 2. The normalized spacial score (nSPS) is 11.9. The van der Waals surface area contributed by atoms with Gasteiger partial charge >= 0.3 is 5.97 Å². The molecule has 0 saturated carbocycles. The van der Waals surface area contributed by atoms with Gasteiger partial charge in [0.1, 0.15) is 10.8 Å². The zero-order valence-corrected chi connectivity index (χ0v) is 20.8. The molecule has 1 amide bonds. The molecule has 1 heterocycles. The number of rotatable bonds is 8. The minimum absolute atomic E-state index is 0.00520. The first kappa shape index (κ1) is 26.2. The van der Waals surface area contributed by atoms with Gasteiger partial charge in [0.2, 0.25) is 0 Å². The van der Waals surface area contributed by atoms with E-state index < -0.39 is 22.9 Å². The maximum Gasteiger partial charge on any atom is 0.331 e. The van der Waals surface area contributed by atoms with E-state index in [0.29, 0.717) is 26.9 Å². The number of amides is 1. The van der Waals surface area contributed by atoms with Crippen molar-refractivity contribution in [3.05, 3.63) is 90.7 Å². The van der Waals surface area contributed by atoms with E-state index in [2.05, 4.69) is 10.4 Å². The van der Waals surface area contributed by atoms with Crippen LogP contribution in [-0.2, 0) is 20.9 Å². The van der Waals surface area contributed by atoms with Crippen LogP contribution in [0.2, 0.25) is 15.2 Å². The van der Waals surface area contributed by atoms with Gasteiger partial charge in [0, 0.05) is 33.3 Å². The Hall–Kier alpha value is -3.40. The summed E-state index contributed by atoms with van der Waals surface area (Å²) in [6.45, 7) is 3.28. The minimum atomic E-state index is -1.21. The Bertz CT molecular complexity index is 1300. The number of nitrogens with zero attached hydrogens (tertiary/aromatic N) is 3. The van der Waals surface area contributed by atoms with Crippen molar-refractivity contribution in [2.75, 3.05) is 5.32 Å². The molecule has 0 bridgehead atoms. The minimum Gasteiger partial charge on any atom is -0.449 e. The van der Waals surface area contributed by atoms with Crippen molar-refractivity contribution in [2.45, 2.75) is 26.5 Å². The van der Waals surface area contributed by atoms with Crippen LogP contribution >= 0.6 is 34.8 Å². The van der Waals surface area contributed by atoms with Crippen LogP contribution in [0.1, 0.15) is 23.7 Å². The van der Waals surface area contributed by atoms with Gasteiger partial charge in [0.25, 0.3) is 11.6 Å². The predicted molar refractivity (Wildman–Crippen MR) is 134 cm³/mol. The van der Waals surface area contributed by atoms with E-state index in [4.69, 9.17) is 39.5 Å². The lowest BCUT2D eigenvalue weighted by Crippen LogP contribution is -2.29. The van der Waals surface area contributed by atoms with Gasteiger partial charge in [-0.3, -0.25) is 14.9 Å². The maximum absolute atomic E-state index is 12.3. The highest BCUT2D eigenvalue weighted by Gasteiger charge is 2.21. The number of aryl methyl sites for hydroxylation is 1. The van der Waals surface area contributed by atoms with Gasteiger partial charge in [-0.05, 0) is 38.1 Å². The van der Waals surface area contributed by atoms with E-state index >= 15 is 0 Å². The summed E-state index contributed by atoms with van der Waals surface area (Å²) in [6, 6.07) is 10.8. The molecule has 3 rings (SSSR count). The molecule has 0 aliphatic heterocycles. The molecule has 12 heteroatoms. The van der Waals surface area contributed by atoms with Crippen LogP contribution in [-0.4, -0.2) is 32.7 Å². The van der Waals surface area contributed by atoms with Gasteiger partial charge in [0.15, 0.2) is 6.10 Å². The number of nitro benzene ring substituents is 1. The van der Waals surface area contributed by atoms with E-state index in [9.17, 15) is 19.7 Å². The van der Waals surface area contributed by atoms with E-state index in [0.717, 1.165) is 6.08 Å². The molecular formula is C23H19Cl3N4O5. The quantitative estimate of drug-likeness (QED) is 0.171. The summed E-state index contributed by atoms with van der Waals surface area (Å²) < 4.78 is 6.61. The number of nitro groups is 1. The lowest BCUT2D eigenvalue weighted by molar-refractivity contribution is -0.383. The van der Waals surface area contributed by atoms with Gasteiger partial charge in [-0.1, -0.05) is 53.0 Å². The number of para-hydroxylation sites is 2. The molecule has 3 aromatic rings. The summed E-state index contributed by atoms with van der Waals surface area (Å²) in [7, 11) is 0. The molecule has 2 aromatic carbocycles. The first-order valence-corrected chi connectivity index (χ1v) is 11.3. The van der Waals surface area contributed by atoms with E-state index in [-0.39, 0.29) is 23.1 Å². The zero-order chi connectivity index (χ0) is 25.7. The zero-order valence-electron chi connectivity index (χ0n) is 18.5. The van der Waals surface area contributed by atoms with E-state index in [1.54, 1.807) is 25.1 Å². The van der Waals surface area contributed by atoms with Crippen molar-refractivity contribution >= 4 is 64.1 Å². The van der Waals surface area contributed by atoms with Crippen molar-refractivity contribution in [3.8, 4) is 0 Å². The molecule has 35 heavy (non-hydrogen) atoms. The number of esters is 1. The number of halogens is 3. The molecule has 0 aliphatic rings. The van der Waals surface area contributed by atoms with Gasteiger partial charge in [-0.25, -0.2) is 9.48 Å². The van der Waals surface area contributed by atoms with E-state index in [1.165, 1.54) is 41.9 Å². The Morgan fingerprint density at radius 1 is 1.17 bits per heavy atom. The van der Waals surface area contributed by atoms with Crippen molar-refractivity contribution in [1.29, 1.82) is 0 Å². The van der Waals surface area contributed by atoms with Gasteiger partial charge in [-0.15, -0.1) is 0 Å². The van der Waals surface area contributed by atoms with Crippen LogP contribution < -0.4 is 5.32 Å². The largest absolute Gasteiger partial charge is 0.449 e. The van der Waals surface area contributed by atoms with Crippen molar-refractivity contribution < 1.29 is 19.2 Å². The van der Waals surface area contributed by atoms with Gasteiger partial charge in [-0.2, -0.15) is 5.10 Å². The Balaban J connectivity index is 1.67. The second-order valence-corrected chi connectivity index (χ2v) is 8.50. The molecule has 1 unspecified atom stereocenters. The molecule has 182 valence electrons. The molecule has 0 saturated heterocycles. The first-order valence-electron chi connectivity index (χ1n) is 10.2. The summed E-state index contributed by atoms with van der Waals surface area (Å²) in [5.41, 5.74) is 1.38. The summed E-state index contributed by atoms with van der Waals surface area (Å²) in [4.78, 5) is 35.1. The first-order chi connectivity index (χ1) is 16.6. The molecular weight excluding hydrogens is 519 g/mol. The molecule has 1 N–H and O–H groups in total. The monoisotopic (exact) mass is 536 g/mol. The van der Waals surface area contributed by atoms with Crippen molar-refractivity contribution in [3.63, 3.8) is 0 Å². The van der Waals surface area contributed by atoms with E-state index in [1.807, 2.05) is 0 Å². The number of benzene rings is 2. The number of hydrogen-bond donors (Lipinski definition) is 1. The van der Waals surface area contributed by atoms with Crippen LogP contribution in [0.4, 0.5) is 11.4 Å². The molecule has 0 fully saturated rings. The lowest BCUT2D eigenvalue weighted by Gasteiger charge is -2.12. The number of anilines is 1. The Morgan fingerprint density at radius 3 is 2.49 bits per heavy atom. The fraction of sp³-hybridized carbons (Fsp3) is 0.174. The third kappa shape index (κ3) is 6.39. The fourth-order valence-electron chi connectivity index (χ4n) is 3.09. The summed E-state index contributed by atoms with van der Waals surface area (Å²) in [6.07, 6.45) is 1.32. The number of nitrogens with one attached hydrogen (secondary N) is 1. The second kappa shape index (κ2) is 11.4.